The zero-order valence-electron chi connectivity index (χ0n) is 17.7. The number of carbonyl (C=O) groups excluding carboxylic acids is 1. The van der Waals surface area contributed by atoms with E-state index in [1.54, 1.807) is 13.1 Å². The molecule has 4 rings (SSSR count). The van der Waals surface area contributed by atoms with Crippen molar-refractivity contribution < 1.29 is 4.79 Å². The third kappa shape index (κ3) is 5.65. The molecule has 0 bridgehead atoms. The summed E-state index contributed by atoms with van der Waals surface area (Å²) < 4.78 is 0. The number of benzene rings is 3. The minimum atomic E-state index is -0.108. The van der Waals surface area contributed by atoms with Crippen LogP contribution in [0.5, 0.6) is 0 Å². The zero-order valence-corrected chi connectivity index (χ0v) is 17.7. The molecular weight excluding hydrogens is 402 g/mol. The van der Waals surface area contributed by atoms with Crippen molar-refractivity contribution in [3.63, 3.8) is 0 Å². The van der Waals surface area contributed by atoms with Crippen LogP contribution in [0.2, 0.25) is 0 Å². The predicted octanol–water partition coefficient (Wildman–Crippen LogP) is 3.30. The van der Waals surface area contributed by atoms with Crippen LogP contribution in [0.4, 0.5) is 17.2 Å². The Bertz CT molecular complexity index is 1240. The van der Waals surface area contributed by atoms with Crippen molar-refractivity contribution in [2.45, 2.75) is 0 Å². The van der Waals surface area contributed by atoms with Gasteiger partial charge in [-0.05, 0) is 37.4 Å². The molecule has 0 spiro atoms. The third-order valence-corrected chi connectivity index (χ3v) is 4.53. The highest BCUT2D eigenvalue weighted by atomic mass is 16.1. The fourth-order valence-electron chi connectivity index (χ4n) is 2.97. The highest BCUT2D eigenvalue weighted by Crippen LogP contribution is 2.24. The number of fused-ring (bicyclic) bond motifs is 1. The quantitative estimate of drug-likeness (QED) is 0.244. The van der Waals surface area contributed by atoms with Crippen molar-refractivity contribution in [1.29, 1.82) is 5.41 Å². The second-order valence-electron chi connectivity index (χ2n) is 6.88. The van der Waals surface area contributed by atoms with Gasteiger partial charge < -0.3 is 27.5 Å². The Labute approximate surface area is 186 Å². The number of rotatable bonds is 5. The first kappa shape index (κ1) is 22.4. The second kappa shape index (κ2) is 10.6. The summed E-state index contributed by atoms with van der Waals surface area (Å²) in [5.41, 5.74) is 15.2. The fraction of sp³-hybridized carbons (Fsp3) is 0.0833. The van der Waals surface area contributed by atoms with Crippen LogP contribution >= 0.6 is 0 Å². The summed E-state index contributed by atoms with van der Waals surface area (Å²) in [4.78, 5) is 20.6. The average Bonchev–Trinajstić information content (AvgIpc) is 2.80. The van der Waals surface area contributed by atoms with Gasteiger partial charge >= 0.3 is 0 Å². The average molecular weight is 428 g/mol. The van der Waals surface area contributed by atoms with Gasteiger partial charge in [-0.2, -0.15) is 0 Å². The minimum Gasteiger partial charge on any atom is -0.398 e. The summed E-state index contributed by atoms with van der Waals surface area (Å²) in [6.07, 6.45) is 1.25. The van der Waals surface area contributed by atoms with Crippen LogP contribution in [0.3, 0.4) is 0 Å². The van der Waals surface area contributed by atoms with Crippen LogP contribution in [0.1, 0.15) is 5.56 Å². The Hall–Kier alpha value is -4.30. The van der Waals surface area contributed by atoms with Gasteiger partial charge in [0.25, 0.3) is 0 Å². The Balaban J connectivity index is 0.000000269. The number of hydrogen-bond acceptors (Lipinski definition) is 7. The van der Waals surface area contributed by atoms with Crippen molar-refractivity contribution in [3.8, 4) is 11.4 Å². The minimum absolute atomic E-state index is 0.108. The lowest BCUT2D eigenvalue weighted by atomic mass is 10.1. The van der Waals surface area contributed by atoms with Crippen LogP contribution in [0.15, 0.2) is 72.8 Å². The molecule has 0 fully saturated rings. The number of hydrogen-bond donors (Lipinski definition) is 5. The molecule has 0 saturated carbocycles. The summed E-state index contributed by atoms with van der Waals surface area (Å²) in [5, 5.41) is 13.3. The lowest BCUT2D eigenvalue weighted by molar-refractivity contribution is -0.115. The Kier molecular flexibility index (Phi) is 7.45. The molecule has 4 aromatic rings. The maximum absolute atomic E-state index is 11.7. The summed E-state index contributed by atoms with van der Waals surface area (Å²) in [6.45, 7) is 0.254. The van der Waals surface area contributed by atoms with Crippen LogP contribution in [0.25, 0.3) is 22.3 Å². The highest BCUT2D eigenvalue weighted by molar-refractivity contribution is 5.93. The number of nitrogens with zero attached hydrogens (tertiary/aromatic N) is 2. The summed E-state index contributed by atoms with van der Waals surface area (Å²) in [6, 6.07) is 22.3. The van der Waals surface area contributed by atoms with E-state index in [0.29, 0.717) is 23.0 Å². The van der Waals surface area contributed by atoms with E-state index >= 15 is 0 Å². The van der Waals surface area contributed by atoms with Crippen molar-refractivity contribution in [2.75, 3.05) is 30.4 Å². The molecule has 0 atom stereocenters. The van der Waals surface area contributed by atoms with E-state index in [4.69, 9.17) is 16.9 Å². The highest BCUT2D eigenvalue weighted by Gasteiger charge is 2.08. The van der Waals surface area contributed by atoms with E-state index in [1.165, 1.54) is 6.21 Å². The standard InChI is InChI=1S/C17H17N5O.C7H8N2/c1-19-10-15(23)20-12-6-4-5-11(9-12)17-21-14-8-3-2-7-13(14)16(18)22-17;8-5-6-3-1-2-4-7(6)9/h2-9,19H,10H2,1H3,(H,20,23)(H2,18,21,22);1-5,8H,9H2. The number of aromatic nitrogens is 2. The fourth-order valence-corrected chi connectivity index (χ4v) is 2.97. The van der Waals surface area contributed by atoms with Crippen LogP contribution in [-0.4, -0.2) is 35.7 Å². The van der Waals surface area contributed by atoms with Crippen LogP contribution in [0, 0.1) is 5.41 Å². The monoisotopic (exact) mass is 427 g/mol. The number of amides is 1. The van der Waals surface area contributed by atoms with Gasteiger partial charge in [-0.3, -0.25) is 4.79 Å². The molecule has 0 radical (unpaired) electrons. The predicted molar refractivity (Wildman–Crippen MR) is 131 cm³/mol. The third-order valence-electron chi connectivity index (χ3n) is 4.53. The van der Waals surface area contributed by atoms with E-state index < -0.39 is 0 Å². The second-order valence-corrected chi connectivity index (χ2v) is 6.88. The summed E-state index contributed by atoms with van der Waals surface area (Å²) in [5.74, 6) is 0.865. The van der Waals surface area contributed by atoms with E-state index in [-0.39, 0.29) is 12.5 Å². The van der Waals surface area contributed by atoms with Crippen LogP contribution in [-0.2, 0) is 4.79 Å². The largest absolute Gasteiger partial charge is 0.398 e. The molecule has 3 aromatic carbocycles. The summed E-state index contributed by atoms with van der Waals surface area (Å²) >= 11 is 0. The first-order chi connectivity index (χ1) is 15.5. The molecule has 0 unspecified atom stereocenters. The number of para-hydroxylation sites is 2. The molecule has 7 N–H and O–H groups in total. The Morgan fingerprint density at radius 3 is 2.47 bits per heavy atom. The smallest absolute Gasteiger partial charge is 0.238 e. The molecule has 0 aliphatic carbocycles. The molecule has 8 nitrogen and oxygen atoms in total. The van der Waals surface area contributed by atoms with Gasteiger partial charge in [0.1, 0.15) is 5.82 Å². The number of likely N-dealkylation sites (N-methyl/N-ethyl adjacent to an activating group) is 1. The molecule has 162 valence electrons. The Morgan fingerprint density at radius 1 is 1.00 bits per heavy atom. The van der Waals surface area contributed by atoms with Crippen LogP contribution < -0.4 is 22.1 Å². The lowest BCUT2D eigenvalue weighted by Gasteiger charge is -2.08. The molecule has 8 heteroatoms. The molecule has 32 heavy (non-hydrogen) atoms. The van der Waals surface area contributed by atoms with Crippen molar-refractivity contribution >= 4 is 40.2 Å². The van der Waals surface area contributed by atoms with E-state index in [9.17, 15) is 4.79 Å². The van der Waals surface area contributed by atoms with Gasteiger partial charge in [0, 0.05) is 34.1 Å². The molecule has 0 aliphatic rings. The van der Waals surface area contributed by atoms with Gasteiger partial charge in [0.2, 0.25) is 5.91 Å². The number of carbonyl (C=O) groups is 1. The van der Waals surface area contributed by atoms with Crippen molar-refractivity contribution in [1.82, 2.24) is 15.3 Å². The van der Waals surface area contributed by atoms with Gasteiger partial charge in [-0.15, -0.1) is 0 Å². The van der Waals surface area contributed by atoms with Crippen molar-refractivity contribution in [2.24, 2.45) is 0 Å². The van der Waals surface area contributed by atoms with Crippen molar-refractivity contribution in [3.05, 3.63) is 78.4 Å². The molecule has 1 aromatic heterocycles. The molecule has 1 heterocycles. The number of anilines is 3. The molecule has 0 saturated heterocycles. The number of nitrogen functional groups attached to an aromatic ring is 2. The molecule has 1 amide bonds. The van der Waals surface area contributed by atoms with E-state index in [1.807, 2.05) is 66.7 Å². The normalized spacial score (nSPS) is 10.2. The number of nitrogens with two attached hydrogens (primary N) is 2. The van der Waals surface area contributed by atoms with Gasteiger partial charge in [0.15, 0.2) is 5.82 Å². The van der Waals surface area contributed by atoms with Gasteiger partial charge in [-0.25, -0.2) is 9.97 Å². The topological polar surface area (TPSA) is 143 Å². The lowest BCUT2D eigenvalue weighted by Crippen LogP contribution is -2.25. The van der Waals surface area contributed by atoms with Gasteiger partial charge in [-0.1, -0.05) is 42.5 Å². The van der Waals surface area contributed by atoms with E-state index in [0.717, 1.165) is 22.0 Å². The Morgan fingerprint density at radius 2 is 1.75 bits per heavy atom. The first-order valence-electron chi connectivity index (χ1n) is 9.94. The molecular formula is C24H25N7O. The molecule has 0 aliphatic heterocycles. The SMILES string of the molecule is CNCC(=O)Nc1cccc(-c2nc(N)c3ccccc3n2)c1.N=Cc1ccccc1N. The zero-order chi connectivity index (χ0) is 22.9. The number of nitrogens with one attached hydrogen (secondary N) is 3. The van der Waals surface area contributed by atoms with E-state index in [2.05, 4.69) is 20.6 Å². The summed E-state index contributed by atoms with van der Waals surface area (Å²) in [7, 11) is 1.72. The van der Waals surface area contributed by atoms with Gasteiger partial charge in [0.05, 0.1) is 12.1 Å². The first-order valence-corrected chi connectivity index (χ1v) is 9.94. The maximum atomic E-state index is 11.7. The maximum Gasteiger partial charge on any atom is 0.238 e.